The number of anilines is 1. The van der Waals surface area contributed by atoms with Crippen LogP contribution in [0.15, 0.2) is 79.1 Å². The van der Waals surface area contributed by atoms with Crippen LogP contribution in [-0.4, -0.2) is 50.8 Å². The highest BCUT2D eigenvalue weighted by molar-refractivity contribution is 6.31. The standard InChI is InChI=1S/C36H31ClF2N4O3/c1-20-7-4-5-8-26(20)27-9-6-10-31(35(27)39)41-36(46)33-15-25(38)17-43(33)34(45)19-42-18-29(22(3)44)28-13-23(11-12-32(28)42)24-14-30(37)21(2)40-16-24/h4-14,16,18,25,33H,15,17,19H2,1-3H3,(H,41,46)/t25-,33+/m1/s1. The molecule has 10 heteroatoms. The number of fused-ring (bicyclic) bond motifs is 1. The average molecular weight is 641 g/mol. The summed E-state index contributed by atoms with van der Waals surface area (Å²) in [6.07, 6.45) is 1.67. The molecule has 6 rings (SSSR count). The predicted octanol–water partition coefficient (Wildman–Crippen LogP) is 7.56. The first kappa shape index (κ1) is 31.1. The lowest BCUT2D eigenvalue weighted by molar-refractivity contribution is -0.137. The molecule has 1 saturated heterocycles. The van der Waals surface area contributed by atoms with E-state index < -0.39 is 29.8 Å². The summed E-state index contributed by atoms with van der Waals surface area (Å²) < 4.78 is 32.0. The maximum atomic E-state index is 15.6. The summed E-state index contributed by atoms with van der Waals surface area (Å²) in [5.74, 6) is -1.98. The Labute approximate surface area is 269 Å². The minimum absolute atomic E-state index is 0.0520. The van der Waals surface area contributed by atoms with Gasteiger partial charge in [0.1, 0.15) is 18.8 Å². The van der Waals surface area contributed by atoms with Gasteiger partial charge in [0.2, 0.25) is 11.8 Å². The number of amides is 2. The number of halogens is 3. The van der Waals surface area contributed by atoms with Crippen LogP contribution in [0.25, 0.3) is 33.2 Å². The van der Waals surface area contributed by atoms with Crippen LogP contribution >= 0.6 is 11.6 Å². The fourth-order valence-corrected chi connectivity index (χ4v) is 6.19. The van der Waals surface area contributed by atoms with Gasteiger partial charge in [-0.25, -0.2) is 8.78 Å². The minimum atomic E-state index is -1.42. The second-order valence-corrected chi connectivity index (χ2v) is 12.0. The highest BCUT2D eigenvalue weighted by Gasteiger charge is 2.40. The van der Waals surface area contributed by atoms with Crippen LogP contribution in [0.1, 0.15) is 35.0 Å². The number of aromatic nitrogens is 2. The summed E-state index contributed by atoms with van der Waals surface area (Å²) >= 11 is 6.29. The molecule has 2 aromatic heterocycles. The highest BCUT2D eigenvalue weighted by atomic mass is 35.5. The Balaban J connectivity index is 1.25. The quantitative estimate of drug-likeness (QED) is 0.186. The van der Waals surface area contributed by atoms with Crippen molar-refractivity contribution in [2.75, 3.05) is 11.9 Å². The Morgan fingerprint density at radius 2 is 1.76 bits per heavy atom. The van der Waals surface area contributed by atoms with Gasteiger partial charge >= 0.3 is 0 Å². The fraction of sp³-hybridized carbons (Fsp3) is 0.222. The molecular weight excluding hydrogens is 610 g/mol. The number of nitrogens with one attached hydrogen (secondary N) is 1. The first-order valence-corrected chi connectivity index (χ1v) is 15.2. The van der Waals surface area contributed by atoms with Gasteiger partial charge in [-0.3, -0.25) is 19.4 Å². The monoisotopic (exact) mass is 640 g/mol. The molecule has 1 N–H and O–H groups in total. The van der Waals surface area contributed by atoms with E-state index in [-0.39, 0.29) is 31.0 Å². The number of hydrogen-bond donors (Lipinski definition) is 1. The van der Waals surface area contributed by atoms with E-state index >= 15 is 4.39 Å². The molecule has 2 amide bonds. The summed E-state index contributed by atoms with van der Waals surface area (Å²) in [6, 6.07) is 18.2. The topological polar surface area (TPSA) is 84.3 Å². The molecule has 0 bridgehead atoms. The van der Waals surface area contributed by atoms with Crippen LogP contribution < -0.4 is 5.32 Å². The summed E-state index contributed by atoms with van der Waals surface area (Å²) in [5, 5.41) is 3.74. The number of carbonyl (C=O) groups is 3. The van der Waals surface area contributed by atoms with Crippen molar-refractivity contribution in [1.82, 2.24) is 14.5 Å². The van der Waals surface area contributed by atoms with Crippen LogP contribution in [-0.2, 0) is 16.1 Å². The number of carbonyl (C=O) groups excluding carboxylic acids is 3. The van der Waals surface area contributed by atoms with Crippen LogP contribution in [0.2, 0.25) is 5.02 Å². The van der Waals surface area contributed by atoms with Crippen molar-refractivity contribution in [1.29, 1.82) is 0 Å². The molecule has 0 radical (unpaired) electrons. The number of rotatable bonds is 7. The van der Waals surface area contributed by atoms with Gasteiger partial charge in [-0.05, 0) is 61.7 Å². The second-order valence-electron chi connectivity index (χ2n) is 11.6. The molecule has 0 unspecified atom stereocenters. The van der Waals surface area contributed by atoms with E-state index in [1.54, 1.807) is 53.4 Å². The number of nitrogens with zero attached hydrogens (tertiary/aromatic N) is 3. The summed E-state index contributed by atoms with van der Waals surface area (Å²) in [7, 11) is 0. The first-order valence-electron chi connectivity index (χ1n) is 14.9. The summed E-state index contributed by atoms with van der Waals surface area (Å²) in [5.41, 5.74) is 5.14. The Kier molecular flexibility index (Phi) is 8.44. The first-order chi connectivity index (χ1) is 22.0. The molecule has 0 saturated carbocycles. The number of likely N-dealkylation sites (tertiary alicyclic amines) is 1. The lowest BCUT2D eigenvalue weighted by atomic mass is 9.99. The van der Waals surface area contributed by atoms with Gasteiger partial charge in [-0.2, -0.15) is 0 Å². The molecule has 0 aliphatic carbocycles. The third kappa shape index (κ3) is 5.90. The number of ketones is 1. The molecule has 234 valence electrons. The Morgan fingerprint density at radius 1 is 1.00 bits per heavy atom. The van der Waals surface area contributed by atoms with Crippen LogP contribution in [0, 0.1) is 19.7 Å². The molecule has 0 spiro atoms. The second kappa shape index (κ2) is 12.5. The van der Waals surface area contributed by atoms with Crippen molar-refractivity contribution < 1.29 is 23.2 Å². The molecule has 1 aliphatic rings. The third-order valence-corrected chi connectivity index (χ3v) is 8.87. The molecular formula is C36H31ClF2N4O3. The number of pyridine rings is 1. The van der Waals surface area contributed by atoms with E-state index in [1.807, 2.05) is 38.1 Å². The zero-order valence-electron chi connectivity index (χ0n) is 25.5. The lowest BCUT2D eigenvalue weighted by Crippen LogP contribution is -2.44. The SMILES string of the molecule is CC(=O)c1cn(CC(=O)N2C[C@H](F)C[C@H]2C(=O)Nc2cccc(-c3ccccc3C)c2F)c2ccc(-c3cnc(C)c(Cl)c3)cc12. The van der Waals surface area contributed by atoms with Crippen molar-refractivity contribution in [3.63, 3.8) is 0 Å². The number of Topliss-reactive ketones (excluding diaryl/α,β-unsaturated/α-hetero) is 1. The van der Waals surface area contributed by atoms with Gasteiger partial charge in [-0.15, -0.1) is 0 Å². The van der Waals surface area contributed by atoms with Crippen LogP contribution in [0.5, 0.6) is 0 Å². The van der Waals surface area contributed by atoms with Gasteiger partial charge in [0.05, 0.1) is 22.9 Å². The van der Waals surface area contributed by atoms with Crippen LogP contribution in [0.3, 0.4) is 0 Å². The molecule has 1 fully saturated rings. The largest absolute Gasteiger partial charge is 0.337 e. The van der Waals surface area contributed by atoms with Gasteiger partial charge < -0.3 is 14.8 Å². The molecule has 5 aromatic rings. The average Bonchev–Trinajstić information content (AvgIpc) is 3.60. The Morgan fingerprint density at radius 3 is 2.50 bits per heavy atom. The van der Waals surface area contributed by atoms with Gasteiger partial charge in [0.15, 0.2) is 11.6 Å². The number of alkyl halides is 1. The van der Waals surface area contributed by atoms with E-state index in [2.05, 4.69) is 10.3 Å². The summed E-state index contributed by atoms with van der Waals surface area (Å²) in [6.45, 7) is 4.62. The third-order valence-electron chi connectivity index (χ3n) is 8.49. The molecule has 46 heavy (non-hydrogen) atoms. The van der Waals surface area contributed by atoms with Crippen molar-refractivity contribution in [2.45, 2.75) is 46.0 Å². The van der Waals surface area contributed by atoms with Crippen molar-refractivity contribution in [2.24, 2.45) is 0 Å². The number of benzene rings is 3. The maximum Gasteiger partial charge on any atom is 0.247 e. The van der Waals surface area contributed by atoms with Crippen molar-refractivity contribution >= 4 is 45.8 Å². The van der Waals surface area contributed by atoms with Gasteiger partial charge in [-0.1, -0.05) is 54.1 Å². The Bertz CT molecular complexity index is 2020. The lowest BCUT2D eigenvalue weighted by Gasteiger charge is -2.24. The summed E-state index contributed by atoms with van der Waals surface area (Å²) in [4.78, 5) is 45.2. The fourth-order valence-electron chi connectivity index (χ4n) is 6.03. The van der Waals surface area contributed by atoms with Crippen molar-refractivity contribution in [3.8, 4) is 22.3 Å². The normalized spacial score (nSPS) is 16.2. The molecule has 3 heterocycles. The Hall–Kier alpha value is -4.89. The minimum Gasteiger partial charge on any atom is -0.337 e. The van der Waals surface area contributed by atoms with E-state index in [1.165, 1.54) is 17.9 Å². The van der Waals surface area contributed by atoms with E-state index in [0.717, 1.165) is 16.7 Å². The van der Waals surface area contributed by atoms with Crippen LogP contribution in [0.4, 0.5) is 14.5 Å². The predicted molar refractivity (Wildman–Crippen MR) is 175 cm³/mol. The van der Waals surface area contributed by atoms with Crippen molar-refractivity contribution in [3.05, 3.63) is 107 Å². The molecule has 1 aliphatic heterocycles. The zero-order valence-corrected chi connectivity index (χ0v) is 26.2. The van der Waals surface area contributed by atoms with Gasteiger partial charge in [0, 0.05) is 46.4 Å². The highest BCUT2D eigenvalue weighted by Crippen LogP contribution is 2.32. The van der Waals surface area contributed by atoms with E-state index in [0.29, 0.717) is 38.3 Å². The van der Waals surface area contributed by atoms with E-state index in [4.69, 9.17) is 11.6 Å². The molecule has 7 nitrogen and oxygen atoms in total. The van der Waals surface area contributed by atoms with Gasteiger partial charge in [0.25, 0.3) is 0 Å². The number of aryl methyl sites for hydroxylation is 2. The molecule has 3 aromatic carbocycles. The number of hydrogen-bond acceptors (Lipinski definition) is 4. The molecule has 2 atom stereocenters. The smallest absolute Gasteiger partial charge is 0.247 e. The zero-order chi connectivity index (χ0) is 32.7. The maximum absolute atomic E-state index is 15.6. The van der Waals surface area contributed by atoms with E-state index in [9.17, 15) is 18.8 Å².